The summed E-state index contributed by atoms with van der Waals surface area (Å²) in [4.78, 5) is 36.8. The molecule has 0 fully saturated rings. The molecule has 0 spiro atoms. The van der Waals surface area contributed by atoms with Gasteiger partial charge in [-0.3, -0.25) is 9.59 Å². The van der Waals surface area contributed by atoms with Crippen LogP contribution in [0.25, 0.3) is 0 Å². The molecule has 51 heavy (non-hydrogen) atoms. The van der Waals surface area contributed by atoms with Gasteiger partial charge in [-0.2, -0.15) is 0 Å². The molecule has 0 rings (SSSR count). The summed E-state index contributed by atoms with van der Waals surface area (Å²) in [7, 11) is 5.52. The first-order valence-corrected chi connectivity index (χ1v) is 20.9. The number of allylic oxidation sites excluding steroid dienone is 4. The summed E-state index contributed by atoms with van der Waals surface area (Å²) < 4.78 is 17.2. The van der Waals surface area contributed by atoms with E-state index in [1.54, 1.807) is 0 Å². The number of nitrogens with zero attached hydrogens (tertiary/aromatic N) is 1. The van der Waals surface area contributed by atoms with Crippen LogP contribution < -0.4 is 0 Å². The number of esters is 2. The van der Waals surface area contributed by atoms with Crippen LogP contribution in [0.2, 0.25) is 0 Å². The number of carboxylic acid groups (broad SMARTS) is 1. The molecule has 1 N–H and O–H groups in total. The summed E-state index contributed by atoms with van der Waals surface area (Å²) in [5, 5.41) is 9.58. The van der Waals surface area contributed by atoms with Crippen LogP contribution in [0, 0.1) is 0 Å². The quantitative estimate of drug-likeness (QED) is 0.0295. The van der Waals surface area contributed by atoms with Crippen LogP contribution in [0.5, 0.6) is 0 Å². The molecule has 8 nitrogen and oxygen atoms in total. The maximum absolute atomic E-state index is 12.7. The number of hydrogen-bond donors (Lipinski definition) is 1. The van der Waals surface area contributed by atoms with Gasteiger partial charge in [0.05, 0.1) is 34.4 Å². The number of carbonyl (C=O) groups excluding carboxylic acids is 2. The van der Waals surface area contributed by atoms with E-state index in [9.17, 15) is 19.5 Å². The molecule has 0 aromatic rings. The molecule has 2 unspecified atom stereocenters. The van der Waals surface area contributed by atoms with Crippen LogP contribution in [-0.2, 0) is 28.6 Å². The molecule has 0 aromatic heterocycles. The van der Waals surface area contributed by atoms with E-state index >= 15 is 0 Å². The fraction of sp³-hybridized carbons (Fsp3) is 0.837. The van der Waals surface area contributed by atoms with E-state index in [2.05, 4.69) is 38.2 Å². The van der Waals surface area contributed by atoms with Crippen molar-refractivity contribution in [3.05, 3.63) is 24.3 Å². The number of unbranched alkanes of at least 4 members (excludes halogenated alkanes) is 19. The fourth-order valence-electron chi connectivity index (χ4n) is 6.06. The van der Waals surface area contributed by atoms with Gasteiger partial charge in [0.2, 0.25) is 0 Å². The van der Waals surface area contributed by atoms with Crippen molar-refractivity contribution < 1.29 is 38.2 Å². The Labute approximate surface area is 313 Å². The zero-order chi connectivity index (χ0) is 37.8. The van der Waals surface area contributed by atoms with E-state index in [1.807, 2.05) is 21.1 Å². The van der Waals surface area contributed by atoms with Gasteiger partial charge in [-0.1, -0.05) is 141 Å². The van der Waals surface area contributed by atoms with E-state index in [-0.39, 0.29) is 36.2 Å². The Morgan fingerprint density at radius 1 is 0.588 bits per heavy atom. The smallest absolute Gasteiger partial charge is 0.362 e. The van der Waals surface area contributed by atoms with Gasteiger partial charge < -0.3 is 23.8 Å². The lowest BCUT2D eigenvalue weighted by Crippen LogP contribution is -2.50. The van der Waals surface area contributed by atoms with Crippen molar-refractivity contribution in [2.45, 2.75) is 193 Å². The summed E-state index contributed by atoms with van der Waals surface area (Å²) >= 11 is 0. The van der Waals surface area contributed by atoms with Crippen molar-refractivity contribution in [3.8, 4) is 0 Å². The largest absolute Gasteiger partial charge is 0.477 e. The van der Waals surface area contributed by atoms with Crippen molar-refractivity contribution in [2.75, 3.05) is 41.0 Å². The van der Waals surface area contributed by atoms with Gasteiger partial charge in [0.25, 0.3) is 0 Å². The summed E-state index contributed by atoms with van der Waals surface area (Å²) in [6.45, 7) is 4.68. The molecular weight excluding hydrogens is 642 g/mol. The number of hydrogen-bond acceptors (Lipinski definition) is 6. The average Bonchev–Trinajstić information content (AvgIpc) is 3.08. The molecule has 0 bridgehead atoms. The van der Waals surface area contributed by atoms with E-state index in [1.165, 1.54) is 103 Å². The molecule has 2 atom stereocenters. The molecule has 0 heterocycles. The molecule has 8 heteroatoms. The maximum Gasteiger partial charge on any atom is 0.362 e. The lowest BCUT2D eigenvalue weighted by Gasteiger charge is -2.31. The predicted molar refractivity (Wildman–Crippen MR) is 211 cm³/mol. The lowest BCUT2D eigenvalue weighted by molar-refractivity contribution is -0.887. The summed E-state index contributed by atoms with van der Waals surface area (Å²) in [6, 6.07) is -0.611. The number of carboxylic acids is 1. The second-order valence-corrected chi connectivity index (χ2v) is 15.2. The molecule has 298 valence electrons. The molecule has 0 aliphatic heterocycles. The third-order valence-corrected chi connectivity index (χ3v) is 9.35. The Balaban J connectivity index is 4.28. The number of ether oxygens (including phenoxy) is 3. The topological polar surface area (TPSA) is 99.1 Å². The van der Waals surface area contributed by atoms with Crippen LogP contribution in [0.1, 0.15) is 181 Å². The van der Waals surface area contributed by atoms with Gasteiger partial charge in [0.15, 0.2) is 12.1 Å². The summed E-state index contributed by atoms with van der Waals surface area (Å²) in [5.41, 5.74) is 0. The van der Waals surface area contributed by atoms with Crippen molar-refractivity contribution in [3.63, 3.8) is 0 Å². The molecule has 0 saturated heterocycles. The number of likely N-dealkylation sites (N-methyl/N-ethyl adjacent to an activating group) is 1. The Hall–Kier alpha value is -2.19. The normalized spacial score (nSPS) is 13.2. The Kier molecular flexibility index (Phi) is 33.4. The third-order valence-electron chi connectivity index (χ3n) is 9.35. The van der Waals surface area contributed by atoms with Gasteiger partial charge in [-0.25, -0.2) is 4.79 Å². The monoisotopic (exact) mass is 723 g/mol. The van der Waals surface area contributed by atoms with Crippen molar-refractivity contribution >= 4 is 17.9 Å². The molecule has 0 aliphatic rings. The van der Waals surface area contributed by atoms with E-state index < -0.39 is 18.1 Å². The van der Waals surface area contributed by atoms with E-state index in [4.69, 9.17) is 14.2 Å². The molecule has 0 saturated carbocycles. The first kappa shape index (κ1) is 48.8. The minimum absolute atomic E-state index is 0.0495. The van der Waals surface area contributed by atoms with Crippen molar-refractivity contribution in [1.29, 1.82) is 0 Å². The lowest BCUT2D eigenvalue weighted by atomic mass is 10.1. The van der Waals surface area contributed by atoms with Crippen LogP contribution in [0.15, 0.2) is 24.3 Å². The van der Waals surface area contributed by atoms with Crippen molar-refractivity contribution in [2.24, 2.45) is 0 Å². The van der Waals surface area contributed by atoms with Gasteiger partial charge >= 0.3 is 17.9 Å². The van der Waals surface area contributed by atoms with Crippen LogP contribution in [0.3, 0.4) is 0 Å². The predicted octanol–water partition coefficient (Wildman–Crippen LogP) is 10.9. The molecule has 0 aromatic carbocycles. The highest BCUT2D eigenvalue weighted by Crippen LogP contribution is 2.14. The van der Waals surface area contributed by atoms with Crippen LogP contribution >= 0.6 is 0 Å². The molecule has 0 radical (unpaired) electrons. The number of quaternary nitrogens is 1. The van der Waals surface area contributed by atoms with E-state index in [0.717, 1.165) is 44.9 Å². The number of carbonyl (C=O) groups is 3. The zero-order valence-corrected chi connectivity index (χ0v) is 33.8. The highest BCUT2D eigenvalue weighted by molar-refractivity contribution is 5.72. The summed E-state index contributed by atoms with van der Waals surface area (Å²) in [5.74, 6) is -1.47. The zero-order valence-electron chi connectivity index (χ0n) is 33.8. The number of rotatable bonds is 37. The SMILES string of the molecule is CCCCC/C=C\C/C=C\CCCCCCCCCCCC(=O)OC(COCCC(C(=O)O)[N+](C)(C)C)COC(=O)CCCCCCCCCC. The van der Waals surface area contributed by atoms with Gasteiger partial charge in [-0.15, -0.1) is 0 Å². The van der Waals surface area contributed by atoms with Gasteiger partial charge in [-0.05, 0) is 44.9 Å². The highest BCUT2D eigenvalue weighted by atomic mass is 16.6. The minimum Gasteiger partial charge on any atom is -0.477 e. The summed E-state index contributed by atoms with van der Waals surface area (Å²) in [6.07, 6.45) is 36.5. The first-order chi connectivity index (χ1) is 24.6. The highest BCUT2D eigenvalue weighted by Gasteiger charge is 2.31. The van der Waals surface area contributed by atoms with Crippen LogP contribution in [-0.4, -0.2) is 80.6 Å². The van der Waals surface area contributed by atoms with Gasteiger partial charge in [0.1, 0.15) is 6.61 Å². The van der Waals surface area contributed by atoms with Crippen molar-refractivity contribution in [1.82, 2.24) is 0 Å². The van der Waals surface area contributed by atoms with Crippen LogP contribution in [0.4, 0.5) is 0 Å². The Morgan fingerprint density at radius 3 is 1.55 bits per heavy atom. The standard InChI is InChI=1S/C43H79NO7/c1-6-8-10-12-14-16-17-18-19-20-21-22-23-24-25-26-28-30-32-34-42(46)51-39(37-49-36-35-40(43(47)48)44(3,4)5)38-50-41(45)33-31-29-27-15-13-11-9-7-2/h14,16,18-19,39-40H,6-13,15,17,20-38H2,1-5H3/p+1/b16-14-,19-18-. The Bertz CT molecular complexity index is 895. The number of aliphatic carboxylic acids is 1. The molecule has 0 aliphatic carbocycles. The third kappa shape index (κ3) is 33.4. The maximum atomic E-state index is 12.7. The van der Waals surface area contributed by atoms with E-state index in [0.29, 0.717) is 19.3 Å². The molecular formula is C43H80NO7+. The fourth-order valence-corrected chi connectivity index (χ4v) is 6.06. The van der Waals surface area contributed by atoms with Gasteiger partial charge in [0, 0.05) is 19.3 Å². The second-order valence-electron chi connectivity index (χ2n) is 15.2. The first-order valence-electron chi connectivity index (χ1n) is 20.9. The minimum atomic E-state index is -0.876. The Morgan fingerprint density at radius 2 is 1.04 bits per heavy atom. The average molecular weight is 723 g/mol. The molecule has 0 amide bonds. The second kappa shape index (κ2) is 34.9.